The topological polar surface area (TPSA) is 74.8 Å². The van der Waals surface area contributed by atoms with Gasteiger partial charge in [0, 0.05) is 11.4 Å². The molecule has 0 amide bonds. The fourth-order valence-corrected chi connectivity index (χ4v) is 3.71. The molecule has 16 heavy (non-hydrogen) atoms. The van der Waals surface area contributed by atoms with Gasteiger partial charge >= 0.3 is 0 Å². The molecule has 1 aliphatic rings. The molecule has 1 heterocycles. The first-order chi connectivity index (χ1) is 7.58. The fourth-order valence-electron chi connectivity index (χ4n) is 1.89. The van der Waals surface area contributed by atoms with E-state index in [1.807, 2.05) is 0 Å². The Labute approximate surface area is 103 Å². The molecule has 0 radical (unpaired) electrons. The van der Waals surface area contributed by atoms with E-state index in [0.717, 1.165) is 19.3 Å². The first kappa shape index (κ1) is 12.1. The first-order valence-electron chi connectivity index (χ1n) is 5.20. The van der Waals surface area contributed by atoms with Crippen LogP contribution in [0.4, 0.5) is 0 Å². The lowest BCUT2D eigenvalue weighted by Crippen LogP contribution is -2.28. The first-order valence-corrected chi connectivity index (χ1v) is 7.60. The van der Waals surface area contributed by atoms with Crippen LogP contribution in [-0.2, 0) is 10.0 Å². The van der Waals surface area contributed by atoms with Crippen LogP contribution in [-0.4, -0.2) is 29.8 Å². The van der Waals surface area contributed by atoms with Crippen LogP contribution in [0.5, 0.6) is 0 Å². The van der Waals surface area contributed by atoms with Crippen molar-refractivity contribution in [2.45, 2.75) is 29.1 Å². The summed E-state index contributed by atoms with van der Waals surface area (Å²) in [6.45, 7) is 0.503. The minimum atomic E-state index is -3.41. The number of nitrogens with one attached hydrogen (secondary N) is 2. The van der Waals surface area contributed by atoms with E-state index in [9.17, 15) is 8.42 Å². The molecule has 0 spiro atoms. The van der Waals surface area contributed by atoms with Gasteiger partial charge in [-0.15, -0.1) is 0 Å². The highest BCUT2D eigenvalue weighted by Gasteiger charge is 2.24. The third kappa shape index (κ3) is 2.83. The van der Waals surface area contributed by atoms with Crippen LogP contribution in [0.2, 0.25) is 0 Å². The van der Waals surface area contributed by atoms with Crippen molar-refractivity contribution < 1.29 is 8.42 Å². The maximum absolute atomic E-state index is 11.7. The van der Waals surface area contributed by atoms with E-state index in [2.05, 4.69) is 30.6 Å². The normalized spacial score (nSPS) is 26.1. The Balaban J connectivity index is 1.91. The summed E-state index contributed by atoms with van der Waals surface area (Å²) < 4.78 is 26.1. The Morgan fingerprint density at radius 3 is 2.94 bits per heavy atom. The van der Waals surface area contributed by atoms with E-state index in [4.69, 9.17) is 0 Å². The third-order valence-electron chi connectivity index (χ3n) is 2.80. The highest BCUT2D eigenvalue weighted by molar-refractivity contribution is 9.09. The summed E-state index contributed by atoms with van der Waals surface area (Å²) in [5, 5.41) is 0.126. The molecule has 1 aromatic heterocycles. The monoisotopic (exact) mass is 307 g/mol. The van der Waals surface area contributed by atoms with E-state index < -0.39 is 10.0 Å². The molecular formula is C9H14BrN3O2S. The highest BCUT2D eigenvalue weighted by Crippen LogP contribution is 2.30. The van der Waals surface area contributed by atoms with Crippen molar-refractivity contribution in [2.24, 2.45) is 5.92 Å². The van der Waals surface area contributed by atoms with Gasteiger partial charge in [0.15, 0.2) is 5.03 Å². The zero-order valence-corrected chi connectivity index (χ0v) is 11.1. The molecule has 90 valence electrons. The van der Waals surface area contributed by atoms with E-state index in [1.54, 1.807) is 0 Å². The summed E-state index contributed by atoms with van der Waals surface area (Å²) in [4.78, 5) is 6.83. The summed E-state index contributed by atoms with van der Waals surface area (Å²) in [7, 11) is -3.41. The molecular weight excluding hydrogens is 294 g/mol. The van der Waals surface area contributed by atoms with Gasteiger partial charge in [0.25, 0.3) is 10.0 Å². The lowest BCUT2D eigenvalue weighted by molar-refractivity contribution is 0.519. The number of alkyl halides is 1. The van der Waals surface area contributed by atoms with E-state index in [1.165, 1.54) is 12.5 Å². The van der Waals surface area contributed by atoms with Crippen molar-refractivity contribution in [3.8, 4) is 0 Å². The summed E-state index contributed by atoms with van der Waals surface area (Å²) in [5.74, 6) is 0.432. The molecule has 2 rings (SSSR count). The zero-order valence-electron chi connectivity index (χ0n) is 8.69. The maximum atomic E-state index is 11.7. The van der Waals surface area contributed by atoms with Crippen molar-refractivity contribution >= 4 is 26.0 Å². The van der Waals surface area contributed by atoms with Crippen LogP contribution in [0.1, 0.15) is 19.3 Å². The predicted molar refractivity (Wildman–Crippen MR) is 63.8 cm³/mol. The minimum Gasteiger partial charge on any atom is -0.335 e. The Morgan fingerprint density at radius 1 is 1.56 bits per heavy atom. The van der Waals surface area contributed by atoms with Crippen molar-refractivity contribution in [1.82, 2.24) is 14.7 Å². The Kier molecular flexibility index (Phi) is 3.66. The minimum absolute atomic E-state index is 0.126. The molecule has 2 atom stereocenters. The second kappa shape index (κ2) is 4.85. The van der Waals surface area contributed by atoms with Gasteiger partial charge in [-0.1, -0.05) is 15.9 Å². The number of H-pyrrole nitrogens is 1. The van der Waals surface area contributed by atoms with Crippen LogP contribution in [0.3, 0.4) is 0 Å². The standard InChI is InChI=1S/C9H14BrN3O2S/c10-8-2-1-7(3-8)4-13-16(14,15)9-5-11-6-12-9/h5-8,13H,1-4H2,(H,11,12). The van der Waals surface area contributed by atoms with Crippen molar-refractivity contribution in [3.05, 3.63) is 12.5 Å². The van der Waals surface area contributed by atoms with Crippen LogP contribution in [0.25, 0.3) is 0 Å². The smallest absolute Gasteiger partial charge is 0.257 e. The molecule has 2 N–H and O–H groups in total. The summed E-state index contributed by atoms with van der Waals surface area (Å²) in [5.41, 5.74) is 0. The van der Waals surface area contributed by atoms with Crippen LogP contribution in [0, 0.1) is 5.92 Å². The van der Waals surface area contributed by atoms with Crippen LogP contribution in [0.15, 0.2) is 17.6 Å². The number of hydrogen-bond acceptors (Lipinski definition) is 3. The van der Waals surface area contributed by atoms with E-state index in [-0.39, 0.29) is 5.03 Å². The molecule has 2 unspecified atom stereocenters. The number of hydrogen-bond donors (Lipinski definition) is 2. The molecule has 1 saturated carbocycles. The number of halogens is 1. The SMILES string of the molecule is O=S(=O)(NCC1CCC(Br)C1)c1cnc[nH]1. The molecule has 1 aromatic rings. The Hall–Kier alpha value is -0.400. The lowest BCUT2D eigenvalue weighted by Gasteiger charge is -2.10. The van der Waals surface area contributed by atoms with Gasteiger partial charge in [0.05, 0.1) is 12.5 Å². The molecule has 5 nitrogen and oxygen atoms in total. The van der Waals surface area contributed by atoms with Gasteiger partial charge in [-0.2, -0.15) is 0 Å². The molecule has 0 bridgehead atoms. The number of rotatable bonds is 4. The van der Waals surface area contributed by atoms with E-state index >= 15 is 0 Å². The fraction of sp³-hybridized carbons (Fsp3) is 0.667. The molecule has 0 aliphatic heterocycles. The lowest BCUT2D eigenvalue weighted by atomic mass is 10.1. The molecule has 0 aromatic carbocycles. The summed E-state index contributed by atoms with van der Waals surface area (Å²) >= 11 is 3.54. The highest BCUT2D eigenvalue weighted by atomic mass is 79.9. The van der Waals surface area contributed by atoms with Gasteiger partial charge in [0.2, 0.25) is 0 Å². The van der Waals surface area contributed by atoms with Gasteiger partial charge in [-0.05, 0) is 25.2 Å². The van der Waals surface area contributed by atoms with Gasteiger partial charge in [0.1, 0.15) is 0 Å². The van der Waals surface area contributed by atoms with Gasteiger partial charge < -0.3 is 4.98 Å². The summed E-state index contributed by atoms with van der Waals surface area (Å²) in [6, 6.07) is 0. The van der Waals surface area contributed by atoms with Crippen molar-refractivity contribution in [2.75, 3.05) is 6.54 Å². The predicted octanol–water partition coefficient (Wildman–Crippen LogP) is 1.25. The number of sulfonamides is 1. The molecule has 1 aliphatic carbocycles. The van der Waals surface area contributed by atoms with Crippen molar-refractivity contribution in [3.63, 3.8) is 0 Å². The average molecular weight is 308 g/mol. The number of aromatic amines is 1. The molecule has 0 saturated heterocycles. The largest absolute Gasteiger partial charge is 0.335 e. The van der Waals surface area contributed by atoms with Gasteiger partial charge in [-0.25, -0.2) is 18.1 Å². The summed E-state index contributed by atoms with van der Waals surface area (Å²) in [6.07, 6.45) is 5.90. The van der Waals surface area contributed by atoms with Gasteiger partial charge in [-0.3, -0.25) is 0 Å². The van der Waals surface area contributed by atoms with Crippen molar-refractivity contribution in [1.29, 1.82) is 0 Å². The maximum Gasteiger partial charge on any atom is 0.257 e. The van der Waals surface area contributed by atoms with Crippen LogP contribution < -0.4 is 4.72 Å². The second-order valence-electron chi connectivity index (χ2n) is 4.04. The number of imidazole rings is 1. The Bertz CT molecular complexity index is 432. The zero-order chi connectivity index (χ0) is 11.6. The average Bonchev–Trinajstić information content (AvgIpc) is 2.85. The quantitative estimate of drug-likeness (QED) is 0.822. The molecule has 7 heteroatoms. The number of aromatic nitrogens is 2. The second-order valence-corrected chi connectivity index (χ2v) is 7.07. The van der Waals surface area contributed by atoms with Crippen LogP contribution >= 0.6 is 15.9 Å². The molecule has 1 fully saturated rings. The third-order valence-corrected chi connectivity index (χ3v) is 4.98. The Morgan fingerprint density at radius 2 is 2.38 bits per heavy atom. The van der Waals surface area contributed by atoms with E-state index in [0.29, 0.717) is 17.3 Å². The number of nitrogens with zero attached hydrogens (tertiary/aromatic N) is 1.